The van der Waals surface area contributed by atoms with Crippen LogP contribution < -0.4 is 14.8 Å². The highest BCUT2D eigenvalue weighted by molar-refractivity contribution is 6.01. The Kier molecular flexibility index (Phi) is 3.63. The molecule has 3 aromatic rings. The molecule has 0 unspecified atom stereocenters. The van der Waals surface area contributed by atoms with E-state index in [0.29, 0.717) is 24.9 Å². The molecule has 0 bridgehead atoms. The third-order valence-electron chi connectivity index (χ3n) is 3.62. The SMILES string of the molecule is O=C(/C=C/c1ccc2c(c1)OCCO2)Nc1nc2ccccc2[nH]1. The van der Waals surface area contributed by atoms with Crippen LogP contribution in [0.25, 0.3) is 17.1 Å². The quantitative estimate of drug-likeness (QED) is 0.727. The van der Waals surface area contributed by atoms with Crippen LogP contribution >= 0.6 is 0 Å². The Balaban J connectivity index is 1.46. The molecule has 1 aromatic heterocycles. The van der Waals surface area contributed by atoms with Crippen LogP contribution in [0.15, 0.2) is 48.5 Å². The third-order valence-corrected chi connectivity index (χ3v) is 3.62. The highest BCUT2D eigenvalue weighted by Crippen LogP contribution is 2.31. The lowest BCUT2D eigenvalue weighted by Crippen LogP contribution is -2.15. The lowest BCUT2D eigenvalue weighted by Gasteiger charge is -2.18. The molecule has 2 heterocycles. The van der Waals surface area contributed by atoms with Crippen molar-refractivity contribution in [2.24, 2.45) is 0 Å². The summed E-state index contributed by atoms with van der Waals surface area (Å²) in [4.78, 5) is 19.4. The minimum absolute atomic E-state index is 0.260. The van der Waals surface area contributed by atoms with Crippen LogP contribution in [0.3, 0.4) is 0 Å². The van der Waals surface area contributed by atoms with Gasteiger partial charge in [-0.15, -0.1) is 0 Å². The Morgan fingerprint density at radius 3 is 2.83 bits per heavy atom. The van der Waals surface area contributed by atoms with Crippen molar-refractivity contribution in [3.63, 3.8) is 0 Å². The van der Waals surface area contributed by atoms with Gasteiger partial charge in [0.2, 0.25) is 5.95 Å². The van der Waals surface area contributed by atoms with Crippen LogP contribution in [0.5, 0.6) is 11.5 Å². The van der Waals surface area contributed by atoms with Crippen LogP contribution in [0.2, 0.25) is 0 Å². The number of fused-ring (bicyclic) bond motifs is 2. The molecule has 0 aliphatic carbocycles. The Morgan fingerprint density at radius 2 is 1.96 bits per heavy atom. The highest BCUT2D eigenvalue weighted by atomic mass is 16.6. The molecule has 1 aliphatic heterocycles. The fraction of sp³-hybridized carbons (Fsp3) is 0.111. The van der Waals surface area contributed by atoms with Crippen molar-refractivity contribution in [2.45, 2.75) is 0 Å². The molecule has 6 nitrogen and oxygen atoms in total. The van der Waals surface area contributed by atoms with Gasteiger partial charge in [0.25, 0.3) is 5.91 Å². The second-order valence-electron chi connectivity index (χ2n) is 5.33. The van der Waals surface area contributed by atoms with Crippen LogP contribution in [0.1, 0.15) is 5.56 Å². The van der Waals surface area contributed by atoms with Gasteiger partial charge in [-0.2, -0.15) is 0 Å². The fourth-order valence-electron chi connectivity index (χ4n) is 2.51. The van der Waals surface area contributed by atoms with Gasteiger partial charge < -0.3 is 14.5 Å². The van der Waals surface area contributed by atoms with Gasteiger partial charge in [0, 0.05) is 6.08 Å². The second-order valence-corrected chi connectivity index (χ2v) is 5.33. The molecule has 0 atom stereocenters. The number of H-pyrrole nitrogens is 1. The smallest absolute Gasteiger partial charge is 0.250 e. The molecule has 2 aromatic carbocycles. The topological polar surface area (TPSA) is 76.2 Å². The van der Waals surface area contributed by atoms with E-state index in [2.05, 4.69) is 15.3 Å². The van der Waals surface area contributed by atoms with Gasteiger partial charge in [-0.25, -0.2) is 4.98 Å². The minimum Gasteiger partial charge on any atom is -0.486 e. The monoisotopic (exact) mass is 321 g/mol. The van der Waals surface area contributed by atoms with Gasteiger partial charge in [0.15, 0.2) is 11.5 Å². The Bertz CT molecular complexity index is 897. The van der Waals surface area contributed by atoms with Crippen molar-refractivity contribution in [3.8, 4) is 11.5 Å². The van der Waals surface area contributed by atoms with E-state index in [1.165, 1.54) is 6.08 Å². The van der Waals surface area contributed by atoms with Gasteiger partial charge >= 0.3 is 0 Å². The predicted molar refractivity (Wildman–Crippen MR) is 91.2 cm³/mol. The number of hydrogen-bond donors (Lipinski definition) is 2. The molecule has 1 aliphatic rings. The number of para-hydroxylation sites is 2. The van der Waals surface area contributed by atoms with Crippen LogP contribution in [0.4, 0.5) is 5.95 Å². The number of hydrogen-bond acceptors (Lipinski definition) is 4. The van der Waals surface area contributed by atoms with E-state index < -0.39 is 0 Å². The van der Waals surface area contributed by atoms with E-state index in [-0.39, 0.29) is 5.91 Å². The van der Waals surface area contributed by atoms with Crippen molar-refractivity contribution >= 4 is 29.0 Å². The average Bonchev–Trinajstić information content (AvgIpc) is 3.02. The lowest BCUT2D eigenvalue weighted by atomic mass is 10.2. The zero-order valence-corrected chi connectivity index (χ0v) is 12.8. The number of nitrogens with one attached hydrogen (secondary N) is 2. The summed E-state index contributed by atoms with van der Waals surface area (Å²) in [6, 6.07) is 13.2. The molecule has 120 valence electrons. The second kappa shape index (κ2) is 6.08. The maximum absolute atomic E-state index is 12.0. The van der Waals surface area contributed by atoms with Gasteiger partial charge in [-0.05, 0) is 35.9 Å². The minimum atomic E-state index is -0.260. The van der Waals surface area contributed by atoms with Gasteiger partial charge in [0.1, 0.15) is 13.2 Å². The summed E-state index contributed by atoms with van der Waals surface area (Å²) in [5, 5.41) is 2.72. The molecule has 2 N–H and O–H groups in total. The first-order valence-corrected chi connectivity index (χ1v) is 7.61. The number of ether oxygens (including phenoxy) is 2. The largest absolute Gasteiger partial charge is 0.486 e. The van der Waals surface area contributed by atoms with E-state index in [4.69, 9.17) is 9.47 Å². The average molecular weight is 321 g/mol. The first-order valence-electron chi connectivity index (χ1n) is 7.61. The number of carbonyl (C=O) groups excluding carboxylic acids is 1. The number of imidazole rings is 1. The van der Waals surface area contributed by atoms with Crippen molar-refractivity contribution in [3.05, 3.63) is 54.1 Å². The van der Waals surface area contributed by atoms with Crippen LogP contribution in [-0.4, -0.2) is 29.1 Å². The highest BCUT2D eigenvalue weighted by Gasteiger charge is 2.11. The molecular weight excluding hydrogens is 306 g/mol. The number of aromatic nitrogens is 2. The summed E-state index contributed by atoms with van der Waals surface area (Å²) in [5.74, 6) is 1.59. The number of benzene rings is 2. The van der Waals surface area contributed by atoms with E-state index in [1.807, 2.05) is 42.5 Å². The summed E-state index contributed by atoms with van der Waals surface area (Å²) < 4.78 is 11.0. The number of nitrogens with zero attached hydrogens (tertiary/aromatic N) is 1. The van der Waals surface area contributed by atoms with Crippen LogP contribution in [0, 0.1) is 0 Å². The molecular formula is C18H15N3O3. The Labute approximate surface area is 138 Å². The van der Waals surface area contributed by atoms with E-state index in [9.17, 15) is 4.79 Å². The van der Waals surface area contributed by atoms with E-state index in [0.717, 1.165) is 22.3 Å². The van der Waals surface area contributed by atoms with Gasteiger partial charge in [-0.3, -0.25) is 10.1 Å². The Hall–Kier alpha value is -3.28. The molecule has 1 amide bonds. The molecule has 4 rings (SSSR count). The van der Waals surface area contributed by atoms with Crippen molar-refractivity contribution in [1.82, 2.24) is 9.97 Å². The Morgan fingerprint density at radius 1 is 1.12 bits per heavy atom. The first kappa shape index (κ1) is 14.3. The number of amides is 1. The van der Waals surface area contributed by atoms with Crippen LogP contribution in [-0.2, 0) is 4.79 Å². The number of aromatic amines is 1. The van der Waals surface area contributed by atoms with E-state index >= 15 is 0 Å². The maximum Gasteiger partial charge on any atom is 0.250 e. The van der Waals surface area contributed by atoms with Crippen molar-refractivity contribution in [2.75, 3.05) is 18.5 Å². The van der Waals surface area contributed by atoms with Crippen molar-refractivity contribution < 1.29 is 14.3 Å². The normalized spacial score (nSPS) is 13.3. The molecule has 24 heavy (non-hydrogen) atoms. The standard InChI is InChI=1S/C18H15N3O3/c22-17(21-18-19-13-3-1-2-4-14(13)20-18)8-6-12-5-7-15-16(11-12)24-10-9-23-15/h1-8,11H,9-10H2,(H2,19,20,21,22)/b8-6+. The summed E-state index contributed by atoms with van der Waals surface area (Å²) in [7, 11) is 0. The summed E-state index contributed by atoms with van der Waals surface area (Å²) in [6.45, 7) is 1.09. The summed E-state index contributed by atoms with van der Waals surface area (Å²) in [6.07, 6.45) is 3.18. The number of rotatable bonds is 3. The van der Waals surface area contributed by atoms with Gasteiger partial charge in [0.05, 0.1) is 11.0 Å². The third kappa shape index (κ3) is 2.94. The fourth-order valence-corrected chi connectivity index (χ4v) is 2.51. The molecule has 0 saturated carbocycles. The number of anilines is 1. The summed E-state index contributed by atoms with van der Waals surface area (Å²) in [5.41, 5.74) is 2.55. The van der Waals surface area contributed by atoms with Gasteiger partial charge in [-0.1, -0.05) is 18.2 Å². The molecule has 0 saturated heterocycles. The molecule has 0 fully saturated rings. The molecule has 0 radical (unpaired) electrons. The first-order chi connectivity index (χ1) is 11.8. The zero-order chi connectivity index (χ0) is 16.4. The zero-order valence-electron chi connectivity index (χ0n) is 12.8. The predicted octanol–water partition coefficient (Wildman–Crippen LogP) is 2.99. The molecule has 0 spiro atoms. The summed E-state index contributed by atoms with van der Waals surface area (Å²) >= 11 is 0. The van der Waals surface area contributed by atoms with E-state index in [1.54, 1.807) is 6.08 Å². The lowest BCUT2D eigenvalue weighted by molar-refractivity contribution is -0.111. The maximum atomic E-state index is 12.0. The molecule has 6 heteroatoms. The number of carbonyl (C=O) groups is 1. The van der Waals surface area contributed by atoms with Crippen molar-refractivity contribution in [1.29, 1.82) is 0 Å².